The van der Waals surface area contributed by atoms with E-state index in [1.165, 1.54) is 5.57 Å². The van der Waals surface area contributed by atoms with Gasteiger partial charge in [0.25, 0.3) is 0 Å². The van der Waals surface area contributed by atoms with Crippen LogP contribution in [0.1, 0.15) is 40.0 Å². The maximum atomic E-state index is 12.3. The molecule has 3 heteroatoms. The van der Waals surface area contributed by atoms with Crippen molar-refractivity contribution >= 4 is 16.6 Å². The Morgan fingerprint density at radius 1 is 1.40 bits per heavy atom. The quantitative estimate of drug-likeness (QED) is 0.687. The van der Waals surface area contributed by atoms with E-state index in [0.29, 0.717) is 0 Å². The number of hydrogen-bond donors (Lipinski definition) is 0. The van der Waals surface area contributed by atoms with E-state index in [1.54, 1.807) is 6.08 Å². The molecule has 1 unspecified atom stereocenters. The Labute approximate surface area is 93.6 Å². The molecule has 0 N–H and O–H groups in total. The van der Waals surface area contributed by atoms with Crippen molar-refractivity contribution in [3.8, 4) is 0 Å². The van der Waals surface area contributed by atoms with Gasteiger partial charge in [-0.25, -0.2) is 0 Å². The third-order valence-electron chi connectivity index (χ3n) is 3.26. The van der Waals surface area contributed by atoms with Crippen LogP contribution >= 0.6 is 0 Å². The van der Waals surface area contributed by atoms with Gasteiger partial charge in [-0.05, 0) is 46.1 Å². The first-order valence-electron chi connectivity index (χ1n) is 5.56. The molecule has 2 aliphatic rings. The summed E-state index contributed by atoms with van der Waals surface area (Å²) in [5.74, 6) is 0.389. The molecule has 0 aliphatic heterocycles. The molecule has 0 amide bonds. The summed E-state index contributed by atoms with van der Waals surface area (Å²) >= 11 is 0. The molecule has 1 saturated carbocycles. The third kappa shape index (κ3) is 1.82. The molecule has 15 heavy (non-hydrogen) atoms. The molecule has 0 heterocycles. The topological polar surface area (TPSA) is 34.1 Å². The molecule has 0 radical (unpaired) electrons. The van der Waals surface area contributed by atoms with E-state index in [2.05, 4.69) is 0 Å². The number of ketones is 1. The lowest BCUT2D eigenvalue weighted by Crippen LogP contribution is -2.37. The minimum absolute atomic E-state index is 0.1000. The summed E-state index contributed by atoms with van der Waals surface area (Å²) in [6.07, 6.45) is 4.99. The van der Waals surface area contributed by atoms with Gasteiger partial charge in [-0.15, -0.1) is 0 Å². The lowest BCUT2D eigenvalue weighted by Gasteiger charge is -2.25. The molecule has 3 atom stereocenters. The molecule has 0 bridgehead atoms. The summed E-state index contributed by atoms with van der Waals surface area (Å²) < 4.78 is 12.0. The minimum atomic E-state index is -1.06. The summed E-state index contributed by atoms with van der Waals surface area (Å²) in [4.78, 5) is 11.8. The van der Waals surface area contributed by atoms with Gasteiger partial charge in [-0.2, -0.15) is 0 Å². The highest BCUT2D eigenvalue weighted by molar-refractivity contribution is 7.87. The Morgan fingerprint density at radius 3 is 2.67 bits per heavy atom. The average Bonchev–Trinajstić information content (AvgIpc) is 2.60. The fourth-order valence-electron chi connectivity index (χ4n) is 2.52. The zero-order valence-corrected chi connectivity index (χ0v) is 10.4. The lowest BCUT2D eigenvalue weighted by molar-refractivity contribution is -0.114. The van der Waals surface area contributed by atoms with Crippen LogP contribution in [0.15, 0.2) is 11.6 Å². The Hall–Kier alpha value is -0.440. The average molecular weight is 226 g/mol. The first-order valence-corrected chi connectivity index (χ1v) is 6.77. The van der Waals surface area contributed by atoms with Crippen molar-refractivity contribution in [1.29, 1.82) is 0 Å². The number of hydrogen-bond acceptors (Lipinski definition) is 2. The van der Waals surface area contributed by atoms with Crippen molar-refractivity contribution in [3.63, 3.8) is 0 Å². The van der Waals surface area contributed by atoms with Crippen molar-refractivity contribution in [3.05, 3.63) is 11.6 Å². The molecule has 0 aromatic rings. The summed E-state index contributed by atoms with van der Waals surface area (Å²) in [5.41, 5.74) is 1.25. The fourth-order valence-corrected chi connectivity index (χ4v) is 4.17. The molecule has 1 fully saturated rings. The van der Waals surface area contributed by atoms with Gasteiger partial charge in [-0.1, -0.05) is 5.57 Å². The summed E-state index contributed by atoms with van der Waals surface area (Å²) in [7, 11) is -1.06. The maximum absolute atomic E-state index is 12.3. The zero-order chi connectivity index (χ0) is 11.2. The fraction of sp³-hybridized carbons (Fsp3) is 0.750. The van der Waals surface area contributed by atoms with E-state index in [-0.39, 0.29) is 21.7 Å². The van der Waals surface area contributed by atoms with E-state index >= 15 is 0 Å². The number of allylic oxidation sites excluding steroid dienone is 2. The molecule has 0 spiro atoms. The lowest BCUT2D eigenvalue weighted by atomic mass is 10.1. The Balaban J connectivity index is 2.25. The second-order valence-corrected chi connectivity index (χ2v) is 7.78. The molecule has 2 nitrogen and oxygen atoms in total. The number of fused-ring (bicyclic) bond motifs is 1. The van der Waals surface area contributed by atoms with Gasteiger partial charge >= 0.3 is 0 Å². The van der Waals surface area contributed by atoms with Gasteiger partial charge in [0.15, 0.2) is 5.78 Å². The minimum Gasteiger partial charge on any atom is -0.293 e. The van der Waals surface area contributed by atoms with Crippen LogP contribution in [0.2, 0.25) is 0 Å². The second kappa shape index (κ2) is 3.55. The largest absolute Gasteiger partial charge is 0.293 e. The molecule has 0 aromatic carbocycles. The highest BCUT2D eigenvalue weighted by Gasteiger charge is 2.44. The van der Waals surface area contributed by atoms with Crippen LogP contribution in [0.4, 0.5) is 0 Å². The molecule has 2 rings (SSSR count). The van der Waals surface area contributed by atoms with Crippen LogP contribution < -0.4 is 0 Å². The third-order valence-corrected chi connectivity index (χ3v) is 5.49. The van der Waals surface area contributed by atoms with Crippen LogP contribution in [-0.2, 0) is 15.6 Å². The van der Waals surface area contributed by atoms with Crippen LogP contribution in [0.5, 0.6) is 0 Å². The first-order chi connectivity index (χ1) is 6.91. The highest BCUT2D eigenvalue weighted by atomic mass is 32.2. The molecule has 0 aromatic heterocycles. The number of carbonyl (C=O) groups excluding carboxylic acids is 1. The first kappa shape index (κ1) is 11.1. The molecule has 2 aliphatic carbocycles. The summed E-state index contributed by atoms with van der Waals surface area (Å²) in [6, 6.07) is 0. The number of carbonyl (C=O) groups is 1. The Kier molecular flexibility index (Phi) is 2.61. The Bertz CT molecular complexity index is 349. The second-order valence-electron chi connectivity index (χ2n) is 5.45. The van der Waals surface area contributed by atoms with Gasteiger partial charge < -0.3 is 0 Å². The Morgan fingerprint density at radius 2 is 2.07 bits per heavy atom. The van der Waals surface area contributed by atoms with Crippen LogP contribution in [-0.4, -0.2) is 20.0 Å². The van der Waals surface area contributed by atoms with E-state index in [4.69, 9.17) is 0 Å². The van der Waals surface area contributed by atoms with Crippen molar-refractivity contribution in [2.75, 3.05) is 0 Å². The summed E-state index contributed by atoms with van der Waals surface area (Å²) in [5, 5.41) is -0.248. The highest BCUT2D eigenvalue weighted by Crippen LogP contribution is 2.42. The zero-order valence-electron chi connectivity index (χ0n) is 9.58. The van der Waals surface area contributed by atoms with Gasteiger partial charge in [0, 0.05) is 21.5 Å². The predicted molar refractivity (Wildman–Crippen MR) is 62.1 cm³/mol. The van der Waals surface area contributed by atoms with Crippen molar-refractivity contribution in [2.45, 2.75) is 50.0 Å². The van der Waals surface area contributed by atoms with E-state index in [0.717, 1.165) is 19.3 Å². The molecular weight excluding hydrogens is 208 g/mol. The van der Waals surface area contributed by atoms with Gasteiger partial charge in [0.2, 0.25) is 0 Å². The van der Waals surface area contributed by atoms with Gasteiger partial charge in [0.05, 0.1) is 0 Å². The summed E-state index contributed by atoms with van der Waals surface area (Å²) in [6.45, 7) is 5.84. The smallest absolute Gasteiger partial charge is 0.171 e. The van der Waals surface area contributed by atoms with Crippen LogP contribution in [0.3, 0.4) is 0 Å². The van der Waals surface area contributed by atoms with E-state index in [9.17, 15) is 9.00 Å². The molecular formula is C12H18O2S. The van der Waals surface area contributed by atoms with E-state index in [1.807, 2.05) is 20.8 Å². The predicted octanol–water partition coefficient (Wildman–Crippen LogP) is 2.21. The van der Waals surface area contributed by atoms with Crippen molar-refractivity contribution < 1.29 is 9.00 Å². The standard InChI is InChI=1S/C12H18O2S/c1-12(2,3)15(14)11-9-6-4-5-8(9)7-10(11)13/h7,9,11H,4-6H2,1-3H3/t9-,11+,15?/m1/s1. The monoisotopic (exact) mass is 226 g/mol. The van der Waals surface area contributed by atoms with Gasteiger partial charge in [-0.3, -0.25) is 9.00 Å². The molecule has 0 saturated heterocycles. The maximum Gasteiger partial charge on any atom is 0.171 e. The SMILES string of the molecule is CC(C)(C)S(=O)[C@@H]1C(=O)C=C2CCC[C@H]21. The number of rotatable bonds is 1. The van der Waals surface area contributed by atoms with Crippen LogP contribution in [0, 0.1) is 5.92 Å². The molecule has 84 valence electrons. The van der Waals surface area contributed by atoms with Crippen molar-refractivity contribution in [1.82, 2.24) is 0 Å². The van der Waals surface area contributed by atoms with Crippen LogP contribution in [0.25, 0.3) is 0 Å². The van der Waals surface area contributed by atoms with Gasteiger partial charge in [0.1, 0.15) is 5.25 Å². The van der Waals surface area contributed by atoms with E-state index < -0.39 is 10.8 Å². The normalized spacial score (nSPS) is 32.7. The van der Waals surface area contributed by atoms with Crippen molar-refractivity contribution in [2.24, 2.45) is 5.92 Å².